The second-order valence-electron chi connectivity index (χ2n) is 8.63. The molecule has 3 aromatic carbocycles. The fraction of sp³-hybridized carbons (Fsp3) is 0.308. The Bertz CT molecular complexity index is 1290. The monoisotopic (exact) mass is 398 g/mol. The lowest BCUT2D eigenvalue weighted by Gasteiger charge is -2.41. The van der Waals surface area contributed by atoms with Gasteiger partial charge in [0.2, 0.25) is 6.79 Å². The van der Waals surface area contributed by atoms with Crippen LogP contribution in [0.3, 0.4) is 0 Å². The molecule has 0 bridgehead atoms. The van der Waals surface area contributed by atoms with Gasteiger partial charge in [-0.15, -0.1) is 0 Å². The fourth-order valence-corrected chi connectivity index (χ4v) is 5.55. The van der Waals surface area contributed by atoms with E-state index in [1.807, 2.05) is 12.1 Å². The molecule has 7 rings (SSSR count). The molecule has 1 aromatic heterocycles. The second-order valence-corrected chi connectivity index (χ2v) is 8.63. The summed E-state index contributed by atoms with van der Waals surface area (Å²) >= 11 is 0. The molecule has 3 aliphatic rings. The number of hydrogen-bond donors (Lipinski definition) is 0. The van der Waals surface area contributed by atoms with E-state index in [1.165, 1.54) is 30.4 Å². The van der Waals surface area contributed by atoms with Crippen molar-refractivity contribution in [2.75, 3.05) is 6.79 Å². The number of ether oxygens (including phenoxy) is 3. The van der Waals surface area contributed by atoms with E-state index in [2.05, 4.69) is 42.5 Å². The Morgan fingerprint density at radius 2 is 1.53 bits per heavy atom. The lowest BCUT2D eigenvalue weighted by atomic mass is 9.76. The van der Waals surface area contributed by atoms with E-state index < -0.39 is 0 Å². The Hall–Kier alpha value is -2.98. The summed E-state index contributed by atoms with van der Waals surface area (Å²) in [4.78, 5) is 0. The van der Waals surface area contributed by atoms with Crippen LogP contribution >= 0.6 is 0 Å². The van der Waals surface area contributed by atoms with Crippen molar-refractivity contribution >= 4 is 21.9 Å². The molecular weight excluding hydrogens is 376 g/mol. The van der Waals surface area contributed by atoms with Gasteiger partial charge < -0.3 is 18.6 Å². The summed E-state index contributed by atoms with van der Waals surface area (Å²) in [5.74, 6) is 2.14. The standard InChI is InChI=1S/C26H22O4/c1-4-8-22-16(5-1)18-12-24-25(28-14-27-24)13-20(18)26(30-22)15-9-10-23-19(11-15)17-6-2-3-7-21(17)29-23/h2-3,6-7,9-13,16,22,26H,1,4-5,8,14H2/t16-,22-,26+/m1/s1. The second kappa shape index (κ2) is 6.26. The first-order valence-electron chi connectivity index (χ1n) is 10.9. The van der Waals surface area contributed by atoms with Gasteiger partial charge in [0.25, 0.3) is 0 Å². The molecule has 1 fully saturated rings. The summed E-state index contributed by atoms with van der Waals surface area (Å²) in [6.45, 7) is 0.296. The van der Waals surface area contributed by atoms with E-state index in [0.29, 0.717) is 12.7 Å². The van der Waals surface area contributed by atoms with Crippen molar-refractivity contribution in [1.29, 1.82) is 0 Å². The van der Waals surface area contributed by atoms with E-state index in [9.17, 15) is 0 Å². The van der Waals surface area contributed by atoms with E-state index in [-0.39, 0.29) is 12.2 Å². The third-order valence-corrected chi connectivity index (χ3v) is 6.98. The van der Waals surface area contributed by atoms with Gasteiger partial charge in [-0.3, -0.25) is 0 Å². The molecule has 1 saturated carbocycles. The van der Waals surface area contributed by atoms with Crippen LogP contribution in [0.25, 0.3) is 21.9 Å². The first kappa shape index (κ1) is 16.8. The third-order valence-electron chi connectivity index (χ3n) is 6.98. The highest BCUT2D eigenvalue weighted by Crippen LogP contribution is 2.51. The summed E-state index contributed by atoms with van der Waals surface area (Å²) in [5.41, 5.74) is 5.59. The Morgan fingerprint density at radius 3 is 2.47 bits per heavy atom. The molecular formula is C26H22O4. The maximum absolute atomic E-state index is 6.77. The Balaban J connectivity index is 1.42. The average molecular weight is 398 g/mol. The van der Waals surface area contributed by atoms with Crippen LogP contribution in [0.1, 0.15) is 54.4 Å². The Morgan fingerprint density at radius 1 is 0.733 bits per heavy atom. The highest BCUT2D eigenvalue weighted by atomic mass is 16.7. The average Bonchev–Trinajstić information content (AvgIpc) is 3.40. The van der Waals surface area contributed by atoms with E-state index in [0.717, 1.165) is 45.4 Å². The SMILES string of the molecule is c1ccc2c(c1)oc1ccc([C@@H]3O[C@@H]4CCCC[C@@H]4c4cc5c(cc43)OCO5)cc12. The molecule has 0 saturated heterocycles. The maximum atomic E-state index is 6.77. The Labute approximate surface area is 174 Å². The molecule has 30 heavy (non-hydrogen) atoms. The quantitative estimate of drug-likeness (QED) is 0.369. The summed E-state index contributed by atoms with van der Waals surface area (Å²) in [6.07, 6.45) is 4.94. The molecule has 0 N–H and O–H groups in total. The predicted octanol–water partition coefficient (Wildman–Crippen LogP) is 6.46. The van der Waals surface area contributed by atoms with Crippen molar-refractivity contribution in [2.24, 2.45) is 0 Å². The van der Waals surface area contributed by atoms with Crippen LogP contribution < -0.4 is 9.47 Å². The minimum Gasteiger partial charge on any atom is -0.456 e. The van der Waals surface area contributed by atoms with E-state index in [1.54, 1.807) is 0 Å². The lowest BCUT2D eigenvalue weighted by molar-refractivity contribution is -0.0389. The number of hydrogen-bond acceptors (Lipinski definition) is 4. The molecule has 0 amide bonds. The molecule has 4 nitrogen and oxygen atoms in total. The first-order chi connectivity index (χ1) is 14.8. The van der Waals surface area contributed by atoms with Crippen LogP contribution in [0, 0.1) is 0 Å². The zero-order chi connectivity index (χ0) is 19.7. The van der Waals surface area contributed by atoms with Crippen LogP contribution in [0.5, 0.6) is 11.5 Å². The molecule has 0 unspecified atom stereocenters. The minimum atomic E-state index is -0.105. The summed E-state index contributed by atoms with van der Waals surface area (Å²) in [7, 11) is 0. The maximum Gasteiger partial charge on any atom is 0.231 e. The molecule has 2 aliphatic heterocycles. The van der Waals surface area contributed by atoms with Gasteiger partial charge in [0.1, 0.15) is 17.3 Å². The predicted molar refractivity (Wildman–Crippen MR) is 114 cm³/mol. The van der Waals surface area contributed by atoms with Gasteiger partial charge in [0.05, 0.1) is 6.10 Å². The molecule has 4 heteroatoms. The zero-order valence-corrected chi connectivity index (χ0v) is 16.6. The number of fused-ring (bicyclic) bond motifs is 7. The van der Waals surface area contributed by atoms with Gasteiger partial charge in [-0.05, 0) is 59.9 Å². The van der Waals surface area contributed by atoms with Crippen molar-refractivity contribution in [1.82, 2.24) is 0 Å². The van der Waals surface area contributed by atoms with Gasteiger partial charge in [0, 0.05) is 16.7 Å². The zero-order valence-electron chi connectivity index (χ0n) is 16.6. The summed E-state index contributed by atoms with van der Waals surface area (Å²) in [5, 5.41) is 2.28. The van der Waals surface area contributed by atoms with Crippen molar-refractivity contribution in [3.63, 3.8) is 0 Å². The topological polar surface area (TPSA) is 40.8 Å². The molecule has 150 valence electrons. The molecule has 0 spiro atoms. The van der Waals surface area contributed by atoms with Crippen molar-refractivity contribution in [3.8, 4) is 11.5 Å². The smallest absolute Gasteiger partial charge is 0.231 e. The number of rotatable bonds is 1. The largest absolute Gasteiger partial charge is 0.456 e. The third kappa shape index (κ3) is 2.37. The van der Waals surface area contributed by atoms with Crippen LogP contribution in [-0.2, 0) is 4.74 Å². The molecule has 1 aliphatic carbocycles. The van der Waals surface area contributed by atoms with Gasteiger partial charge in [-0.1, -0.05) is 37.1 Å². The molecule has 3 atom stereocenters. The van der Waals surface area contributed by atoms with Gasteiger partial charge in [-0.2, -0.15) is 0 Å². The summed E-state index contributed by atoms with van der Waals surface area (Å²) in [6, 6.07) is 19.0. The lowest BCUT2D eigenvalue weighted by Crippen LogP contribution is -2.33. The molecule has 3 heterocycles. The van der Waals surface area contributed by atoms with Crippen LogP contribution in [-0.4, -0.2) is 12.9 Å². The number of furan rings is 1. The summed E-state index contributed by atoms with van der Waals surface area (Å²) < 4.78 is 24.2. The van der Waals surface area contributed by atoms with Crippen LogP contribution in [0.2, 0.25) is 0 Å². The van der Waals surface area contributed by atoms with E-state index >= 15 is 0 Å². The fourth-order valence-electron chi connectivity index (χ4n) is 5.55. The van der Waals surface area contributed by atoms with Crippen LogP contribution in [0.4, 0.5) is 0 Å². The van der Waals surface area contributed by atoms with Crippen molar-refractivity contribution < 1.29 is 18.6 Å². The van der Waals surface area contributed by atoms with Crippen molar-refractivity contribution in [3.05, 3.63) is 71.3 Å². The normalized spacial score (nSPS) is 24.7. The van der Waals surface area contributed by atoms with Gasteiger partial charge in [0.15, 0.2) is 11.5 Å². The number of benzene rings is 3. The Kier molecular flexibility index (Phi) is 3.50. The highest BCUT2D eigenvalue weighted by molar-refractivity contribution is 6.05. The number of para-hydroxylation sites is 1. The molecule has 0 radical (unpaired) electrons. The van der Waals surface area contributed by atoms with Crippen LogP contribution in [0.15, 0.2) is 59.0 Å². The van der Waals surface area contributed by atoms with Gasteiger partial charge >= 0.3 is 0 Å². The van der Waals surface area contributed by atoms with Crippen molar-refractivity contribution in [2.45, 2.75) is 43.8 Å². The minimum absolute atomic E-state index is 0.105. The highest BCUT2D eigenvalue weighted by Gasteiger charge is 2.39. The first-order valence-corrected chi connectivity index (χ1v) is 10.9. The van der Waals surface area contributed by atoms with Gasteiger partial charge in [-0.25, -0.2) is 0 Å². The molecule has 4 aromatic rings. The van der Waals surface area contributed by atoms with E-state index in [4.69, 9.17) is 18.6 Å².